The lowest BCUT2D eigenvalue weighted by Gasteiger charge is -2.37. The molecule has 6 nitrogen and oxygen atoms in total. The van der Waals surface area contributed by atoms with Crippen molar-refractivity contribution < 1.29 is 14.3 Å². The van der Waals surface area contributed by atoms with Crippen LogP contribution in [-0.4, -0.2) is 58.7 Å². The average Bonchev–Trinajstić information content (AvgIpc) is 3.06. The molecule has 0 aliphatic carbocycles. The van der Waals surface area contributed by atoms with Gasteiger partial charge in [-0.3, -0.25) is 4.79 Å². The van der Waals surface area contributed by atoms with Crippen LogP contribution in [-0.2, 0) is 11.8 Å². The average molecular weight is 341 g/mol. The number of piperidine rings is 1. The van der Waals surface area contributed by atoms with E-state index in [1.165, 1.54) is 0 Å². The molecule has 132 valence electrons. The second-order valence-corrected chi connectivity index (χ2v) is 7.30. The van der Waals surface area contributed by atoms with E-state index >= 15 is 0 Å². The molecule has 2 amide bonds. The quantitative estimate of drug-likeness (QED) is 0.801. The molecule has 3 heterocycles. The predicted octanol–water partition coefficient (Wildman–Crippen LogP) is 2.54. The summed E-state index contributed by atoms with van der Waals surface area (Å²) in [5, 5.41) is 1.09. The molecule has 2 fully saturated rings. The molecule has 2 aliphatic heterocycles. The second kappa shape index (κ2) is 5.51. The molecule has 1 spiro atoms. The number of likely N-dealkylation sites (tertiary alicyclic amines) is 1. The Morgan fingerprint density at radius 1 is 1.20 bits per heavy atom. The van der Waals surface area contributed by atoms with Crippen molar-refractivity contribution in [1.29, 1.82) is 0 Å². The number of hydrogen-bond acceptors (Lipinski definition) is 3. The monoisotopic (exact) mass is 341 g/mol. The molecule has 6 heteroatoms. The Hall–Kier alpha value is -2.50. The third kappa shape index (κ3) is 2.47. The maximum absolute atomic E-state index is 13.0. The van der Waals surface area contributed by atoms with Crippen LogP contribution in [0.15, 0.2) is 24.3 Å². The summed E-state index contributed by atoms with van der Waals surface area (Å²) in [6, 6.07) is 8.09. The van der Waals surface area contributed by atoms with Crippen LogP contribution in [0.1, 0.15) is 28.9 Å². The molecule has 1 aromatic carbocycles. The van der Waals surface area contributed by atoms with Crippen LogP contribution < -0.4 is 0 Å². The zero-order valence-electron chi connectivity index (χ0n) is 14.9. The van der Waals surface area contributed by atoms with E-state index in [0.29, 0.717) is 38.2 Å². The molecule has 0 atom stereocenters. The van der Waals surface area contributed by atoms with Gasteiger partial charge in [0, 0.05) is 45.4 Å². The Morgan fingerprint density at radius 2 is 1.92 bits per heavy atom. The molecule has 0 saturated carbocycles. The van der Waals surface area contributed by atoms with Crippen LogP contribution in [0.5, 0.6) is 0 Å². The molecule has 0 radical (unpaired) electrons. The van der Waals surface area contributed by atoms with Gasteiger partial charge >= 0.3 is 6.09 Å². The van der Waals surface area contributed by atoms with Gasteiger partial charge in [-0.15, -0.1) is 0 Å². The first-order valence-corrected chi connectivity index (χ1v) is 8.69. The Kier molecular flexibility index (Phi) is 3.52. The fourth-order valence-electron chi connectivity index (χ4n) is 4.16. The second-order valence-electron chi connectivity index (χ2n) is 7.30. The Morgan fingerprint density at radius 3 is 2.52 bits per heavy atom. The lowest BCUT2D eigenvalue weighted by Crippen LogP contribution is -2.48. The van der Waals surface area contributed by atoms with Gasteiger partial charge in [-0.1, -0.05) is 18.2 Å². The predicted molar refractivity (Wildman–Crippen MR) is 94.6 cm³/mol. The van der Waals surface area contributed by atoms with Crippen molar-refractivity contribution in [3.8, 4) is 0 Å². The first-order valence-electron chi connectivity index (χ1n) is 8.69. The molecule has 1 aromatic heterocycles. The maximum atomic E-state index is 13.0. The summed E-state index contributed by atoms with van der Waals surface area (Å²) in [4.78, 5) is 28.2. The molecule has 0 bridgehead atoms. The third-order valence-electron chi connectivity index (χ3n) is 5.58. The summed E-state index contributed by atoms with van der Waals surface area (Å²) < 4.78 is 7.55. The summed E-state index contributed by atoms with van der Waals surface area (Å²) in [6.07, 6.45) is 1.12. The number of aromatic nitrogens is 1. The van der Waals surface area contributed by atoms with Crippen LogP contribution in [0.4, 0.5) is 4.79 Å². The fourth-order valence-corrected chi connectivity index (χ4v) is 4.16. The Bertz CT molecular complexity index is 862. The number of nitrogens with zero attached hydrogens (tertiary/aromatic N) is 3. The van der Waals surface area contributed by atoms with E-state index in [2.05, 4.69) is 13.0 Å². The van der Waals surface area contributed by atoms with Gasteiger partial charge in [0.2, 0.25) is 0 Å². The number of carbonyl (C=O) groups excluding carboxylic acids is 2. The van der Waals surface area contributed by atoms with E-state index in [0.717, 1.165) is 16.5 Å². The highest BCUT2D eigenvalue weighted by Crippen LogP contribution is 2.33. The van der Waals surface area contributed by atoms with Crippen molar-refractivity contribution in [2.24, 2.45) is 7.05 Å². The van der Waals surface area contributed by atoms with Gasteiger partial charge < -0.3 is 19.1 Å². The number of para-hydroxylation sites is 1. The zero-order valence-corrected chi connectivity index (χ0v) is 14.9. The van der Waals surface area contributed by atoms with E-state index in [4.69, 9.17) is 4.74 Å². The molecule has 2 aliphatic rings. The van der Waals surface area contributed by atoms with Gasteiger partial charge in [0.1, 0.15) is 11.3 Å². The number of amides is 2. The van der Waals surface area contributed by atoms with Crippen LogP contribution in [0.25, 0.3) is 10.9 Å². The van der Waals surface area contributed by atoms with Gasteiger partial charge in [0.25, 0.3) is 5.91 Å². The molecule has 4 rings (SSSR count). The van der Waals surface area contributed by atoms with E-state index in [1.54, 1.807) is 11.9 Å². The number of fused-ring (bicyclic) bond motifs is 1. The van der Waals surface area contributed by atoms with Crippen LogP contribution in [0, 0.1) is 6.92 Å². The first kappa shape index (κ1) is 16.0. The highest BCUT2D eigenvalue weighted by molar-refractivity contribution is 5.99. The van der Waals surface area contributed by atoms with Crippen LogP contribution in [0.2, 0.25) is 0 Å². The lowest BCUT2D eigenvalue weighted by atomic mass is 9.91. The maximum Gasteiger partial charge on any atom is 0.410 e. The number of aryl methyl sites for hydroxylation is 2. The van der Waals surface area contributed by atoms with Gasteiger partial charge in [-0.25, -0.2) is 4.79 Å². The van der Waals surface area contributed by atoms with E-state index in [9.17, 15) is 9.59 Å². The zero-order chi connectivity index (χ0) is 17.8. The van der Waals surface area contributed by atoms with Gasteiger partial charge in [0.05, 0.1) is 12.1 Å². The summed E-state index contributed by atoms with van der Waals surface area (Å²) >= 11 is 0. The molecular weight excluding hydrogens is 318 g/mol. The van der Waals surface area contributed by atoms with Crippen molar-refractivity contribution in [2.75, 3.05) is 26.7 Å². The third-order valence-corrected chi connectivity index (χ3v) is 5.58. The minimum absolute atomic E-state index is 0.0469. The molecule has 25 heavy (non-hydrogen) atoms. The van der Waals surface area contributed by atoms with Crippen molar-refractivity contribution in [3.05, 3.63) is 35.5 Å². The Labute approximate surface area is 146 Å². The molecule has 0 unspecified atom stereocenters. The standard InChI is InChI=1S/C19H23N3O3/c1-13-5-4-6-14-11-15(21(3)16(13)14)17(23)22-9-7-19(8-10-22)12-20(2)18(24)25-19/h4-6,11H,7-10,12H2,1-3H3. The molecule has 0 N–H and O–H groups in total. The largest absolute Gasteiger partial charge is 0.441 e. The van der Waals surface area contributed by atoms with Crippen LogP contribution in [0.3, 0.4) is 0 Å². The van der Waals surface area contributed by atoms with Crippen molar-refractivity contribution in [1.82, 2.24) is 14.4 Å². The highest BCUT2D eigenvalue weighted by atomic mass is 16.6. The van der Waals surface area contributed by atoms with E-state index in [-0.39, 0.29) is 12.0 Å². The minimum Gasteiger partial charge on any atom is -0.441 e. The fraction of sp³-hybridized carbons (Fsp3) is 0.474. The molecule has 2 saturated heterocycles. The molecule has 2 aromatic rings. The normalized spacial score (nSPS) is 19.7. The summed E-state index contributed by atoms with van der Waals surface area (Å²) in [5.41, 5.74) is 2.56. The summed E-state index contributed by atoms with van der Waals surface area (Å²) in [7, 11) is 3.70. The SMILES string of the molecule is Cc1cccc2cc(C(=O)N3CCC4(CC3)CN(C)C(=O)O4)n(C)c12. The minimum atomic E-state index is -0.419. The molecular formula is C19H23N3O3. The number of ether oxygens (including phenoxy) is 1. The van der Waals surface area contributed by atoms with Crippen molar-refractivity contribution >= 4 is 22.9 Å². The van der Waals surface area contributed by atoms with Gasteiger partial charge in [-0.05, 0) is 18.6 Å². The summed E-state index contributed by atoms with van der Waals surface area (Å²) in [6.45, 7) is 3.90. The first-order chi connectivity index (χ1) is 11.9. The topological polar surface area (TPSA) is 54.8 Å². The van der Waals surface area contributed by atoms with Crippen molar-refractivity contribution in [3.63, 3.8) is 0 Å². The summed E-state index contributed by atoms with van der Waals surface area (Å²) in [5.74, 6) is 0.0469. The lowest BCUT2D eigenvalue weighted by molar-refractivity contribution is 0.00292. The highest BCUT2D eigenvalue weighted by Gasteiger charge is 2.46. The number of carbonyl (C=O) groups is 2. The van der Waals surface area contributed by atoms with Crippen molar-refractivity contribution in [2.45, 2.75) is 25.4 Å². The number of likely N-dealkylation sites (N-methyl/N-ethyl adjacent to an activating group) is 1. The van der Waals surface area contributed by atoms with E-state index < -0.39 is 5.60 Å². The number of rotatable bonds is 1. The van der Waals surface area contributed by atoms with Crippen LogP contribution >= 0.6 is 0 Å². The van der Waals surface area contributed by atoms with Gasteiger partial charge in [0.15, 0.2) is 0 Å². The number of hydrogen-bond donors (Lipinski definition) is 0. The number of benzene rings is 1. The van der Waals surface area contributed by atoms with E-state index in [1.807, 2.05) is 34.7 Å². The Balaban J connectivity index is 1.54. The van der Waals surface area contributed by atoms with Gasteiger partial charge in [-0.2, -0.15) is 0 Å². The smallest absolute Gasteiger partial charge is 0.410 e.